The van der Waals surface area contributed by atoms with Crippen LogP contribution < -0.4 is 9.47 Å². The minimum atomic E-state index is -4.16. The van der Waals surface area contributed by atoms with Crippen LogP contribution in [0, 0.1) is 30.6 Å². The number of fused-ring (bicyclic) bond motifs is 3. The van der Waals surface area contributed by atoms with Gasteiger partial charge in [0.2, 0.25) is 15.2 Å². The lowest BCUT2D eigenvalue weighted by atomic mass is 9.70. The zero-order valence-corrected chi connectivity index (χ0v) is 24.2. The van der Waals surface area contributed by atoms with Crippen molar-refractivity contribution in [2.45, 2.75) is 57.9 Å². The average Bonchev–Trinajstić information content (AvgIpc) is 3.42. The molecule has 11 heteroatoms. The summed E-state index contributed by atoms with van der Waals surface area (Å²) in [5, 5.41) is -0.0943. The number of aromatic nitrogens is 3. The number of nitrogens with zero attached hydrogens (tertiary/aromatic N) is 3. The van der Waals surface area contributed by atoms with Gasteiger partial charge in [0, 0.05) is 29.8 Å². The maximum atomic E-state index is 14.2. The van der Waals surface area contributed by atoms with E-state index < -0.39 is 31.7 Å². The Balaban J connectivity index is 1.63. The first-order chi connectivity index (χ1) is 17.9. The third kappa shape index (κ3) is 3.88. The standard InChI is InChI=1S/C27H33N3O6S2/c1-16-13-28-21(17(2)24(16)36-6)14-37(32)25-29-20-8-7-19(35-5)12-22(20)30(25)38(33,34)15-27-10-9-18(11-23(27)31)26(27,3)4/h7-8,12-13,18H,9-11,14-15H2,1-6H3/t18?,27-,37+/m0/s1. The molecule has 1 aromatic carbocycles. The van der Waals surface area contributed by atoms with Gasteiger partial charge in [0.25, 0.3) is 0 Å². The van der Waals surface area contributed by atoms with E-state index in [-0.39, 0.29) is 33.9 Å². The molecule has 0 spiro atoms. The summed E-state index contributed by atoms with van der Waals surface area (Å²) in [6, 6.07) is 4.91. The van der Waals surface area contributed by atoms with Gasteiger partial charge < -0.3 is 9.47 Å². The van der Waals surface area contributed by atoms with E-state index in [9.17, 15) is 17.4 Å². The highest BCUT2D eigenvalue weighted by molar-refractivity contribution is 7.91. The van der Waals surface area contributed by atoms with Gasteiger partial charge >= 0.3 is 0 Å². The molecule has 2 fully saturated rings. The van der Waals surface area contributed by atoms with Crippen molar-refractivity contribution in [3.05, 3.63) is 41.2 Å². The molecule has 2 saturated carbocycles. The number of rotatable bonds is 8. The second kappa shape index (κ2) is 9.15. The van der Waals surface area contributed by atoms with Gasteiger partial charge in [-0.2, -0.15) is 0 Å². The normalized spacial score (nSPS) is 23.2. The number of pyridine rings is 1. The van der Waals surface area contributed by atoms with Crippen LogP contribution in [0.15, 0.2) is 29.6 Å². The van der Waals surface area contributed by atoms with Crippen molar-refractivity contribution in [3.63, 3.8) is 0 Å². The summed E-state index contributed by atoms with van der Waals surface area (Å²) in [5.74, 6) is 0.863. The van der Waals surface area contributed by atoms with E-state index in [0.717, 1.165) is 21.5 Å². The molecule has 9 nitrogen and oxygen atoms in total. The fraction of sp³-hybridized carbons (Fsp3) is 0.519. The maximum Gasteiger partial charge on any atom is 0.242 e. The third-order valence-electron chi connectivity index (χ3n) is 8.86. The van der Waals surface area contributed by atoms with Gasteiger partial charge in [-0.3, -0.25) is 14.0 Å². The fourth-order valence-corrected chi connectivity index (χ4v) is 10.3. The Hall–Kier alpha value is -2.79. The monoisotopic (exact) mass is 559 g/mol. The number of benzene rings is 1. The van der Waals surface area contributed by atoms with Gasteiger partial charge in [0.05, 0.1) is 58.7 Å². The molecule has 0 N–H and O–H groups in total. The molecule has 2 aliphatic carbocycles. The Kier molecular flexibility index (Phi) is 6.45. The van der Waals surface area contributed by atoms with Crippen LogP contribution in [0.4, 0.5) is 0 Å². The predicted molar refractivity (Wildman–Crippen MR) is 144 cm³/mol. The minimum Gasteiger partial charge on any atom is -0.497 e. The van der Waals surface area contributed by atoms with E-state index >= 15 is 0 Å². The van der Waals surface area contributed by atoms with Gasteiger partial charge in [0.1, 0.15) is 17.3 Å². The smallest absolute Gasteiger partial charge is 0.242 e. The number of ether oxygens (including phenoxy) is 2. The highest BCUT2D eigenvalue weighted by atomic mass is 32.2. The molecule has 2 bridgehead atoms. The molecular formula is C27H33N3O6S2. The largest absolute Gasteiger partial charge is 0.497 e. The van der Waals surface area contributed by atoms with Crippen molar-refractivity contribution in [2.24, 2.45) is 16.7 Å². The lowest BCUT2D eigenvalue weighted by molar-refractivity contribution is -0.128. The number of hydrogen-bond acceptors (Lipinski definition) is 8. The molecule has 38 heavy (non-hydrogen) atoms. The topological polar surface area (TPSA) is 117 Å². The van der Waals surface area contributed by atoms with E-state index in [4.69, 9.17) is 9.47 Å². The van der Waals surface area contributed by atoms with Crippen LogP contribution in [0.25, 0.3) is 11.0 Å². The van der Waals surface area contributed by atoms with Crippen LogP contribution in [0.2, 0.25) is 0 Å². The van der Waals surface area contributed by atoms with Crippen LogP contribution in [0.3, 0.4) is 0 Å². The summed E-state index contributed by atoms with van der Waals surface area (Å²) >= 11 is 0. The SMILES string of the molecule is COc1ccc2nc([S@](=O)Cc3ncc(C)c(OC)c3C)n(S(=O)(=O)C[C@@]34CCC(CC3=O)C4(C)C)c2c1. The van der Waals surface area contributed by atoms with Crippen molar-refractivity contribution in [1.29, 1.82) is 0 Å². The molecular weight excluding hydrogens is 526 g/mol. The fourth-order valence-electron chi connectivity index (χ4n) is 6.44. The zero-order chi connectivity index (χ0) is 27.6. The second-order valence-electron chi connectivity index (χ2n) is 11.0. The number of imidazole rings is 1. The van der Waals surface area contributed by atoms with Gasteiger partial charge in [-0.15, -0.1) is 0 Å². The number of aryl methyl sites for hydroxylation is 1. The predicted octanol–water partition coefficient (Wildman–Crippen LogP) is 3.95. The van der Waals surface area contributed by atoms with Crippen molar-refractivity contribution >= 4 is 37.6 Å². The van der Waals surface area contributed by atoms with Gasteiger partial charge in [-0.05, 0) is 50.2 Å². The maximum absolute atomic E-state index is 14.2. The van der Waals surface area contributed by atoms with Crippen LogP contribution >= 0.6 is 0 Å². The van der Waals surface area contributed by atoms with Crippen molar-refractivity contribution in [3.8, 4) is 11.5 Å². The third-order valence-corrected chi connectivity index (χ3v) is 12.0. The Morgan fingerprint density at radius 1 is 1.18 bits per heavy atom. The Bertz CT molecular complexity index is 1590. The minimum absolute atomic E-state index is 0.00132. The Morgan fingerprint density at radius 2 is 1.92 bits per heavy atom. The number of ketones is 1. The van der Waals surface area contributed by atoms with E-state index in [2.05, 4.69) is 9.97 Å². The quantitative estimate of drug-likeness (QED) is 0.407. The van der Waals surface area contributed by atoms with E-state index in [1.165, 1.54) is 7.11 Å². The molecule has 0 amide bonds. The van der Waals surface area contributed by atoms with Gasteiger partial charge in [-0.25, -0.2) is 17.4 Å². The van der Waals surface area contributed by atoms with Gasteiger partial charge in [-0.1, -0.05) is 13.8 Å². The molecule has 1 unspecified atom stereocenters. The summed E-state index contributed by atoms with van der Waals surface area (Å²) in [7, 11) is -2.97. The molecule has 3 atom stereocenters. The first kappa shape index (κ1) is 26.8. The molecule has 0 aliphatic heterocycles. The summed E-state index contributed by atoms with van der Waals surface area (Å²) in [6.45, 7) is 7.70. The molecule has 2 aliphatic rings. The molecule has 3 aromatic rings. The highest BCUT2D eigenvalue weighted by Gasteiger charge is 2.65. The molecule has 0 radical (unpaired) electrons. The summed E-state index contributed by atoms with van der Waals surface area (Å²) in [6.07, 6.45) is 3.40. The van der Waals surface area contributed by atoms with Gasteiger partial charge in [0.15, 0.2) is 0 Å². The van der Waals surface area contributed by atoms with Crippen molar-refractivity contribution in [1.82, 2.24) is 13.9 Å². The molecule has 5 rings (SSSR count). The highest BCUT2D eigenvalue weighted by Crippen LogP contribution is 2.64. The molecule has 0 saturated heterocycles. The number of carbonyl (C=O) groups excluding carboxylic acids is 1. The number of Topliss-reactive ketones (excluding diaryl/α,β-unsaturated/α-hetero) is 1. The lowest BCUT2D eigenvalue weighted by Gasteiger charge is -2.36. The van der Waals surface area contributed by atoms with E-state index in [1.54, 1.807) is 31.5 Å². The van der Waals surface area contributed by atoms with Crippen molar-refractivity contribution < 1.29 is 26.9 Å². The Morgan fingerprint density at radius 3 is 2.53 bits per heavy atom. The summed E-state index contributed by atoms with van der Waals surface area (Å²) in [4.78, 5) is 22.1. The molecule has 204 valence electrons. The first-order valence-electron chi connectivity index (χ1n) is 12.6. The van der Waals surface area contributed by atoms with E-state index in [0.29, 0.717) is 35.6 Å². The van der Waals surface area contributed by atoms with Crippen LogP contribution in [-0.2, 0) is 31.4 Å². The Labute approximate surface area is 225 Å². The summed E-state index contributed by atoms with van der Waals surface area (Å²) < 4.78 is 54.2. The number of hydrogen-bond donors (Lipinski definition) is 0. The lowest BCUT2D eigenvalue weighted by Crippen LogP contribution is -2.43. The number of carbonyl (C=O) groups is 1. The molecule has 2 aromatic heterocycles. The van der Waals surface area contributed by atoms with Crippen LogP contribution in [0.1, 0.15) is 49.9 Å². The first-order valence-corrected chi connectivity index (χ1v) is 15.5. The number of methoxy groups -OCH3 is 2. The average molecular weight is 560 g/mol. The zero-order valence-electron chi connectivity index (χ0n) is 22.5. The molecule has 2 heterocycles. The van der Waals surface area contributed by atoms with Crippen molar-refractivity contribution in [2.75, 3.05) is 20.0 Å². The van der Waals surface area contributed by atoms with Crippen LogP contribution in [-0.4, -0.2) is 52.3 Å². The summed E-state index contributed by atoms with van der Waals surface area (Å²) in [5.41, 5.74) is 1.35. The van der Waals surface area contributed by atoms with Crippen LogP contribution in [0.5, 0.6) is 11.5 Å². The second-order valence-corrected chi connectivity index (χ2v) is 14.1. The van der Waals surface area contributed by atoms with E-state index in [1.807, 2.05) is 27.7 Å².